The van der Waals surface area contributed by atoms with Crippen LogP contribution in [-0.4, -0.2) is 23.6 Å². The summed E-state index contributed by atoms with van der Waals surface area (Å²) in [6, 6.07) is 9.28. The third-order valence-corrected chi connectivity index (χ3v) is 2.83. The van der Waals surface area contributed by atoms with E-state index in [1.807, 2.05) is 44.3 Å². The molecule has 0 atom stereocenters. The fourth-order valence-corrected chi connectivity index (χ4v) is 1.75. The Labute approximate surface area is 123 Å². The van der Waals surface area contributed by atoms with E-state index in [2.05, 4.69) is 20.6 Å². The van der Waals surface area contributed by atoms with Crippen molar-refractivity contribution >= 4 is 28.9 Å². The molecule has 0 bridgehead atoms. The van der Waals surface area contributed by atoms with Gasteiger partial charge in [-0.1, -0.05) is 11.6 Å². The van der Waals surface area contributed by atoms with Crippen molar-refractivity contribution in [2.45, 2.75) is 13.5 Å². The van der Waals surface area contributed by atoms with Crippen LogP contribution in [0.1, 0.15) is 12.7 Å². The van der Waals surface area contributed by atoms with Gasteiger partial charge in [0.2, 0.25) is 0 Å². The van der Waals surface area contributed by atoms with E-state index in [9.17, 15) is 0 Å². The van der Waals surface area contributed by atoms with Crippen LogP contribution >= 0.6 is 11.6 Å². The molecule has 2 N–H and O–H groups in total. The molecule has 20 heavy (non-hydrogen) atoms. The van der Waals surface area contributed by atoms with E-state index < -0.39 is 0 Å². The highest BCUT2D eigenvalue weighted by atomic mass is 35.5. The molecule has 0 saturated heterocycles. The lowest BCUT2D eigenvalue weighted by Gasteiger charge is -2.10. The second kappa shape index (κ2) is 7.07. The van der Waals surface area contributed by atoms with Crippen LogP contribution in [0.15, 0.2) is 30.3 Å². The molecule has 1 aromatic carbocycles. The van der Waals surface area contributed by atoms with Crippen molar-refractivity contribution in [2.24, 2.45) is 0 Å². The first-order chi connectivity index (χ1) is 9.71. The Balaban J connectivity index is 2.19. The molecule has 0 amide bonds. The Hall–Kier alpha value is -1.85. The summed E-state index contributed by atoms with van der Waals surface area (Å²) in [5.41, 5.74) is 0.914. The number of rotatable bonds is 6. The Morgan fingerprint density at radius 2 is 1.85 bits per heavy atom. The van der Waals surface area contributed by atoms with Gasteiger partial charge < -0.3 is 15.4 Å². The van der Waals surface area contributed by atoms with Crippen LogP contribution in [0.5, 0.6) is 0 Å². The Morgan fingerprint density at radius 3 is 2.50 bits per heavy atom. The molecule has 2 rings (SSSR count). The highest BCUT2D eigenvalue weighted by molar-refractivity contribution is 6.30. The predicted molar refractivity (Wildman–Crippen MR) is 81.6 cm³/mol. The van der Waals surface area contributed by atoms with Gasteiger partial charge in [0.25, 0.3) is 0 Å². The largest absolute Gasteiger partial charge is 0.374 e. The molecule has 0 radical (unpaired) electrons. The molecule has 5 nitrogen and oxygen atoms in total. The molecule has 0 aliphatic carbocycles. The third-order valence-electron chi connectivity index (χ3n) is 2.58. The molecule has 1 heterocycles. The molecular formula is C14H17ClN4O. The van der Waals surface area contributed by atoms with E-state index in [4.69, 9.17) is 16.3 Å². The zero-order valence-corrected chi connectivity index (χ0v) is 12.2. The monoisotopic (exact) mass is 292 g/mol. The van der Waals surface area contributed by atoms with Crippen molar-refractivity contribution in [3.63, 3.8) is 0 Å². The van der Waals surface area contributed by atoms with Gasteiger partial charge in [0.05, 0.1) is 0 Å². The van der Waals surface area contributed by atoms with Gasteiger partial charge in [-0.3, -0.25) is 0 Å². The summed E-state index contributed by atoms with van der Waals surface area (Å²) in [6.45, 7) is 2.96. The molecule has 0 spiro atoms. The van der Waals surface area contributed by atoms with Crippen molar-refractivity contribution in [1.82, 2.24) is 9.97 Å². The second-order valence-electron chi connectivity index (χ2n) is 4.07. The number of aromatic nitrogens is 2. The average molecular weight is 293 g/mol. The van der Waals surface area contributed by atoms with Crippen molar-refractivity contribution in [2.75, 3.05) is 24.3 Å². The van der Waals surface area contributed by atoms with Gasteiger partial charge in [-0.25, -0.2) is 9.97 Å². The first kappa shape index (κ1) is 14.6. The molecule has 0 aliphatic rings. The van der Waals surface area contributed by atoms with Gasteiger partial charge in [0.15, 0.2) is 5.82 Å². The minimum absolute atomic E-state index is 0.390. The number of nitrogens with one attached hydrogen (secondary N) is 2. The standard InChI is InChI=1S/C14H17ClN4O/c1-3-20-9-14-18-12(16-2)8-13(19-14)17-11-6-4-10(15)5-7-11/h4-8H,3,9H2,1-2H3,(H2,16,17,18,19). The Morgan fingerprint density at radius 1 is 1.15 bits per heavy atom. The van der Waals surface area contributed by atoms with Gasteiger partial charge >= 0.3 is 0 Å². The molecule has 106 valence electrons. The molecule has 0 fully saturated rings. The zero-order chi connectivity index (χ0) is 14.4. The van der Waals surface area contributed by atoms with Gasteiger partial charge in [0, 0.05) is 30.4 Å². The van der Waals surface area contributed by atoms with Crippen molar-refractivity contribution < 1.29 is 4.74 Å². The molecular weight excluding hydrogens is 276 g/mol. The average Bonchev–Trinajstić information content (AvgIpc) is 2.47. The SMILES string of the molecule is CCOCc1nc(NC)cc(Nc2ccc(Cl)cc2)n1. The lowest BCUT2D eigenvalue weighted by Crippen LogP contribution is -2.05. The third kappa shape index (κ3) is 4.08. The number of benzene rings is 1. The molecule has 0 unspecified atom stereocenters. The minimum Gasteiger partial charge on any atom is -0.374 e. The Kier molecular flexibility index (Phi) is 5.15. The number of nitrogens with zero attached hydrogens (tertiary/aromatic N) is 2. The molecule has 0 aliphatic heterocycles. The quantitative estimate of drug-likeness (QED) is 0.854. The van der Waals surface area contributed by atoms with E-state index in [1.54, 1.807) is 0 Å². The number of hydrogen-bond donors (Lipinski definition) is 2. The van der Waals surface area contributed by atoms with Crippen molar-refractivity contribution in [3.8, 4) is 0 Å². The van der Waals surface area contributed by atoms with Crippen molar-refractivity contribution in [3.05, 3.63) is 41.2 Å². The van der Waals surface area contributed by atoms with E-state index >= 15 is 0 Å². The van der Waals surface area contributed by atoms with Gasteiger partial charge in [-0.15, -0.1) is 0 Å². The maximum absolute atomic E-state index is 5.86. The van der Waals surface area contributed by atoms with Crippen LogP contribution in [0.2, 0.25) is 5.02 Å². The number of hydrogen-bond acceptors (Lipinski definition) is 5. The number of ether oxygens (including phenoxy) is 1. The summed E-state index contributed by atoms with van der Waals surface area (Å²) in [5.74, 6) is 2.09. The van der Waals surface area contributed by atoms with Crippen LogP contribution in [0, 0.1) is 0 Å². The summed E-state index contributed by atoms with van der Waals surface area (Å²) < 4.78 is 5.34. The van der Waals surface area contributed by atoms with Gasteiger partial charge in [0.1, 0.15) is 18.2 Å². The van der Waals surface area contributed by atoms with E-state index in [0.717, 1.165) is 11.5 Å². The summed E-state index contributed by atoms with van der Waals surface area (Å²) >= 11 is 5.86. The molecule has 1 aromatic heterocycles. The van der Waals surface area contributed by atoms with Gasteiger partial charge in [-0.2, -0.15) is 0 Å². The number of halogens is 1. The summed E-state index contributed by atoms with van der Waals surface area (Å²) in [7, 11) is 1.82. The van der Waals surface area contributed by atoms with E-state index in [0.29, 0.717) is 29.9 Å². The zero-order valence-electron chi connectivity index (χ0n) is 11.5. The second-order valence-corrected chi connectivity index (χ2v) is 4.51. The van der Waals surface area contributed by atoms with Crippen molar-refractivity contribution in [1.29, 1.82) is 0 Å². The smallest absolute Gasteiger partial charge is 0.158 e. The summed E-state index contributed by atoms with van der Waals surface area (Å²) in [6.07, 6.45) is 0. The van der Waals surface area contributed by atoms with E-state index in [-0.39, 0.29) is 0 Å². The molecule has 6 heteroatoms. The fraction of sp³-hybridized carbons (Fsp3) is 0.286. The first-order valence-electron chi connectivity index (χ1n) is 6.37. The first-order valence-corrected chi connectivity index (χ1v) is 6.75. The topological polar surface area (TPSA) is 59.1 Å². The maximum atomic E-state index is 5.86. The highest BCUT2D eigenvalue weighted by Gasteiger charge is 2.04. The lowest BCUT2D eigenvalue weighted by atomic mass is 10.3. The summed E-state index contributed by atoms with van der Waals surface area (Å²) in [5, 5.41) is 6.93. The normalized spacial score (nSPS) is 10.3. The van der Waals surface area contributed by atoms with Gasteiger partial charge in [-0.05, 0) is 31.2 Å². The van der Waals surface area contributed by atoms with Crippen LogP contribution < -0.4 is 10.6 Å². The maximum Gasteiger partial charge on any atom is 0.158 e. The van der Waals surface area contributed by atoms with Crippen LogP contribution in [-0.2, 0) is 11.3 Å². The van der Waals surface area contributed by atoms with E-state index in [1.165, 1.54) is 0 Å². The molecule has 2 aromatic rings. The minimum atomic E-state index is 0.390. The predicted octanol–water partition coefficient (Wildman–Crippen LogP) is 3.45. The lowest BCUT2D eigenvalue weighted by molar-refractivity contribution is 0.128. The Bertz CT molecular complexity index is 560. The van der Waals surface area contributed by atoms with Crippen LogP contribution in [0.3, 0.4) is 0 Å². The molecule has 0 saturated carbocycles. The summed E-state index contributed by atoms with van der Waals surface area (Å²) in [4.78, 5) is 8.75. The fourth-order valence-electron chi connectivity index (χ4n) is 1.63. The number of anilines is 3. The van der Waals surface area contributed by atoms with Crippen LogP contribution in [0.4, 0.5) is 17.3 Å². The van der Waals surface area contributed by atoms with Crippen LogP contribution in [0.25, 0.3) is 0 Å². The highest BCUT2D eigenvalue weighted by Crippen LogP contribution is 2.19.